The van der Waals surface area contributed by atoms with Gasteiger partial charge in [0.05, 0.1) is 0 Å². The first-order chi connectivity index (χ1) is 6.88. The van der Waals surface area contributed by atoms with Crippen molar-refractivity contribution in [1.82, 2.24) is 5.32 Å². The van der Waals surface area contributed by atoms with Gasteiger partial charge in [0.25, 0.3) is 0 Å². The first-order valence-corrected chi connectivity index (χ1v) is 5.18. The third-order valence-electron chi connectivity index (χ3n) is 2.77. The Labute approximate surface area is 96.5 Å². The van der Waals surface area contributed by atoms with E-state index in [2.05, 4.69) is 5.32 Å². The molecule has 1 N–H and O–H groups in total. The first-order valence-electron chi connectivity index (χ1n) is 5.18. The van der Waals surface area contributed by atoms with E-state index in [1.54, 1.807) is 0 Å². The van der Waals surface area contributed by atoms with E-state index in [1.807, 2.05) is 30.3 Å². The molecule has 1 aromatic carbocycles. The van der Waals surface area contributed by atoms with Crippen LogP contribution in [0.5, 0.6) is 0 Å². The quantitative estimate of drug-likeness (QED) is 0.783. The molecule has 2 nitrogen and oxygen atoms in total. The first kappa shape index (κ1) is 12.2. The average Bonchev–Trinajstić information content (AvgIpc) is 2.30. The molecule has 0 unspecified atom stereocenters. The smallest absolute Gasteiger partial charge is 0.166 e. The third-order valence-corrected chi connectivity index (χ3v) is 2.77. The van der Waals surface area contributed by atoms with Crippen LogP contribution in [0.15, 0.2) is 30.3 Å². The van der Waals surface area contributed by atoms with Gasteiger partial charge in [-0.05, 0) is 25.9 Å². The lowest BCUT2D eigenvalue weighted by molar-refractivity contribution is 0.0895. The van der Waals surface area contributed by atoms with E-state index in [-0.39, 0.29) is 18.3 Å². The van der Waals surface area contributed by atoms with Crippen molar-refractivity contribution in [2.75, 3.05) is 13.1 Å². The van der Waals surface area contributed by atoms with E-state index in [0.29, 0.717) is 5.78 Å². The van der Waals surface area contributed by atoms with Gasteiger partial charge in [-0.1, -0.05) is 30.3 Å². The lowest BCUT2D eigenvalue weighted by Gasteiger charge is -2.21. The molecule has 0 radical (unpaired) electrons. The molecule has 2 rings (SSSR count). The van der Waals surface area contributed by atoms with Gasteiger partial charge in [-0.15, -0.1) is 12.4 Å². The Morgan fingerprint density at radius 1 is 1.13 bits per heavy atom. The molecule has 0 amide bonds. The van der Waals surface area contributed by atoms with Crippen LogP contribution in [0.3, 0.4) is 0 Å². The summed E-state index contributed by atoms with van der Waals surface area (Å²) in [6, 6.07) is 9.61. The fourth-order valence-corrected chi connectivity index (χ4v) is 1.92. The highest BCUT2D eigenvalue weighted by Gasteiger charge is 2.21. The van der Waals surface area contributed by atoms with Crippen LogP contribution >= 0.6 is 12.4 Å². The van der Waals surface area contributed by atoms with E-state index >= 15 is 0 Å². The number of Topliss-reactive ketones (excluding diaryl/α,β-unsaturated/α-hetero) is 1. The molecule has 1 aromatic rings. The second-order valence-electron chi connectivity index (χ2n) is 3.75. The molecule has 15 heavy (non-hydrogen) atoms. The van der Waals surface area contributed by atoms with E-state index in [9.17, 15) is 4.79 Å². The lowest BCUT2D eigenvalue weighted by atomic mass is 9.90. The zero-order valence-electron chi connectivity index (χ0n) is 8.61. The third kappa shape index (κ3) is 3.05. The Morgan fingerprint density at radius 2 is 1.73 bits per heavy atom. The Kier molecular flexibility index (Phi) is 4.79. The molecule has 0 bridgehead atoms. The zero-order chi connectivity index (χ0) is 9.80. The SMILES string of the molecule is Cl.O=C(c1ccccc1)C1CCNCC1. The van der Waals surface area contributed by atoms with Crippen molar-refractivity contribution in [3.63, 3.8) is 0 Å². The van der Waals surface area contributed by atoms with Crippen molar-refractivity contribution in [2.45, 2.75) is 12.8 Å². The second-order valence-corrected chi connectivity index (χ2v) is 3.75. The van der Waals surface area contributed by atoms with Crippen LogP contribution in [0, 0.1) is 5.92 Å². The predicted octanol–water partition coefficient (Wildman–Crippen LogP) is 2.29. The van der Waals surface area contributed by atoms with Crippen molar-refractivity contribution < 1.29 is 4.79 Å². The summed E-state index contributed by atoms with van der Waals surface area (Å²) in [5.74, 6) is 0.547. The van der Waals surface area contributed by atoms with Gasteiger partial charge >= 0.3 is 0 Å². The van der Waals surface area contributed by atoms with Gasteiger partial charge in [0.1, 0.15) is 0 Å². The van der Waals surface area contributed by atoms with E-state index in [4.69, 9.17) is 0 Å². The van der Waals surface area contributed by atoms with Crippen molar-refractivity contribution in [3.8, 4) is 0 Å². The lowest BCUT2D eigenvalue weighted by Crippen LogP contribution is -2.31. The predicted molar refractivity (Wildman–Crippen MR) is 63.6 cm³/mol. The fourth-order valence-electron chi connectivity index (χ4n) is 1.92. The maximum Gasteiger partial charge on any atom is 0.166 e. The summed E-state index contributed by atoms with van der Waals surface area (Å²) < 4.78 is 0. The minimum atomic E-state index is 0. The number of benzene rings is 1. The number of carbonyl (C=O) groups excluding carboxylic acids is 1. The van der Waals surface area contributed by atoms with Crippen molar-refractivity contribution in [2.24, 2.45) is 5.92 Å². The Bertz CT molecular complexity index is 307. The van der Waals surface area contributed by atoms with Gasteiger partial charge in [-0.3, -0.25) is 4.79 Å². The largest absolute Gasteiger partial charge is 0.317 e. The number of hydrogen-bond donors (Lipinski definition) is 1. The van der Waals surface area contributed by atoms with Gasteiger partial charge < -0.3 is 5.32 Å². The normalized spacial score (nSPS) is 16.8. The van der Waals surface area contributed by atoms with Crippen LogP contribution < -0.4 is 5.32 Å². The second kappa shape index (κ2) is 5.89. The van der Waals surface area contributed by atoms with Crippen LogP contribution in [0.1, 0.15) is 23.2 Å². The summed E-state index contributed by atoms with van der Waals surface area (Å²) in [6.07, 6.45) is 1.96. The summed E-state index contributed by atoms with van der Waals surface area (Å²) in [5.41, 5.74) is 0.861. The number of nitrogens with one attached hydrogen (secondary N) is 1. The van der Waals surface area contributed by atoms with Crippen molar-refractivity contribution in [3.05, 3.63) is 35.9 Å². The maximum absolute atomic E-state index is 12.0. The molecule has 0 aliphatic carbocycles. The van der Waals surface area contributed by atoms with E-state index in [0.717, 1.165) is 31.5 Å². The van der Waals surface area contributed by atoms with E-state index < -0.39 is 0 Å². The zero-order valence-corrected chi connectivity index (χ0v) is 9.43. The number of hydrogen-bond acceptors (Lipinski definition) is 2. The highest BCUT2D eigenvalue weighted by Crippen LogP contribution is 2.17. The molecule has 0 spiro atoms. The molecule has 1 aliphatic heterocycles. The Morgan fingerprint density at radius 3 is 2.33 bits per heavy atom. The van der Waals surface area contributed by atoms with Gasteiger partial charge in [0, 0.05) is 11.5 Å². The molecular formula is C12H16ClNO. The number of halogens is 1. The number of rotatable bonds is 2. The molecule has 1 saturated heterocycles. The monoisotopic (exact) mass is 225 g/mol. The van der Waals surface area contributed by atoms with Crippen LogP contribution in [0.2, 0.25) is 0 Å². The number of carbonyl (C=O) groups is 1. The van der Waals surface area contributed by atoms with Gasteiger partial charge in [-0.2, -0.15) is 0 Å². The fraction of sp³-hybridized carbons (Fsp3) is 0.417. The highest BCUT2D eigenvalue weighted by molar-refractivity contribution is 5.97. The number of piperidine rings is 1. The summed E-state index contributed by atoms with van der Waals surface area (Å²) in [6.45, 7) is 1.95. The molecule has 0 saturated carbocycles. The molecule has 1 aliphatic rings. The maximum atomic E-state index is 12.0. The molecule has 3 heteroatoms. The molecule has 82 valence electrons. The Balaban J connectivity index is 0.00000112. The van der Waals surface area contributed by atoms with Crippen molar-refractivity contribution in [1.29, 1.82) is 0 Å². The molecular weight excluding hydrogens is 210 g/mol. The standard InChI is InChI=1S/C12H15NO.ClH/c14-12(10-4-2-1-3-5-10)11-6-8-13-9-7-11;/h1-5,11,13H,6-9H2;1H. The molecule has 1 fully saturated rings. The summed E-state index contributed by atoms with van der Waals surface area (Å²) in [5, 5.41) is 3.27. The molecule has 1 heterocycles. The van der Waals surface area contributed by atoms with Crippen LogP contribution in [0.25, 0.3) is 0 Å². The average molecular weight is 226 g/mol. The summed E-state index contributed by atoms with van der Waals surface area (Å²) in [7, 11) is 0. The van der Waals surface area contributed by atoms with Crippen LogP contribution in [-0.4, -0.2) is 18.9 Å². The van der Waals surface area contributed by atoms with Gasteiger partial charge in [0.2, 0.25) is 0 Å². The van der Waals surface area contributed by atoms with E-state index in [1.165, 1.54) is 0 Å². The topological polar surface area (TPSA) is 29.1 Å². The molecule has 0 atom stereocenters. The highest BCUT2D eigenvalue weighted by atomic mass is 35.5. The minimum absolute atomic E-state index is 0. The number of ketones is 1. The van der Waals surface area contributed by atoms with Crippen LogP contribution in [0.4, 0.5) is 0 Å². The minimum Gasteiger partial charge on any atom is -0.317 e. The molecule has 0 aromatic heterocycles. The van der Waals surface area contributed by atoms with Crippen molar-refractivity contribution >= 4 is 18.2 Å². The summed E-state index contributed by atoms with van der Waals surface area (Å²) >= 11 is 0. The summed E-state index contributed by atoms with van der Waals surface area (Å²) in [4.78, 5) is 12.0. The Hall–Kier alpha value is -0.860. The van der Waals surface area contributed by atoms with Gasteiger partial charge in [-0.25, -0.2) is 0 Å². The van der Waals surface area contributed by atoms with Crippen LogP contribution in [-0.2, 0) is 0 Å². The van der Waals surface area contributed by atoms with Gasteiger partial charge in [0.15, 0.2) is 5.78 Å².